The van der Waals surface area contributed by atoms with Gasteiger partial charge in [0.1, 0.15) is 18.3 Å². The number of nitrogens with zero attached hydrogens (tertiary/aromatic N) is 2. The van der Waals surface area contributed by atoms with E-state index in [4.69, 9.17) is 4.74 Å². The summed E-state index contributed by atoms with van der Waals surface area (Å²) >= 11 is 0. The quantitative estimate of drug-likeness (QED) is 0.462. The molecule has 0 aliphatic heterocycles. The van der Waals surface area contributed by atoms with Crippen LogP contribution in [0.15, 0.2) is 42.5 Å². The van der Waals surface area contributed by atoms with E-state index in [-0.39, 0.29) is 18.5 Å². The minimum absolute atomic E-state index is 0.0491. The van der Waals surface area contributed by atoms with Gasteiger partial charge in [-0.3, -0.25) is 13.9 Å². The number of nitrogens with one attached hydrogen (secondary N) is 1. The first kappa shape index (κ1) is 29.2. The van der Waals surface area contributed by atoms with Gasteiger partial charge in [-0.15, -0.1) is 0 Å². The molecule has 2 aromatic rings. The van der Waals surface area contributed by atoms with Crippen LogP contribution in [0.4, 0.5) is 5.69 Å². The molecule has 2 atom stereocenters. The molecule has 0 aliphatic rings. The lowest BCUT2D eigenvalue weighted by Crippen LogP contribution is -2.53. The second-order valence-electron chi connectivity index (χ2n) is 9.17. The predicted octanol–water partition coefficient (Wildman–Crippen LogP) is 3.80. The SMILES string of the molecule is CC[C@H](C)NC(=O)[C@H](CC)N(Cc1ccc(OC)cc1)C(=O)CN(c1cc(C)ccc1C)S(C)(=O)=O. The molecule has 0 unspecified atom stereocenters. The van der Waals surface area contributed by atoms with E-state index in [0.717, 1.165) is 33.7 Å². The molecule has 1 N–H and O–H groups in total. The number of anilines is 1. The molecule has 2 amide bonds. The van der Waals surface area contributed by atoms with Gasteiger partial charge >= 0.3 is 0 Å². The van der Waals surface area contributed by atoms with Gasteiger partial charge in [0, 0.05) is 12.6 Å². The lowest BCUT2D eigenvalue weighted by molar-refractivity contribution is -0.140. The summed E-state index contributed by atoms with van der Waals surface area (Å²) in [5.41, 5.74) is 2.87. The maximum Gasteiger partial charge on any atom is 0.244 e. The number of amides is 2. The van der Waals surface area contributed by atoms with E-state index in [9.17, 15) is 18.0 Å². The van der Waals surface area contributed by atoms with E-state index in [1.54, 1.807) is 32.2 Å². The third-order valence-corrected chi connectivity index (χ3v) is 7.34. The van der Waals surface area contributed by atoms with Crippen LogP contribution in [0.25, 0.3) is 0 Å². The van der Waals surface area contributed by atoms with Gasteiger partial charge in [0.05, 0.1) is 19.1 Å². The van der Waals surface area contributed by atoms with E-state index >= 15 is 0 Å². The first-order valence-corrected chi connectivity index (χ1v) is 14.0. The number of benzene rings is 2. The summed E-state index contributed by atoms with van der Waals surface area (Å²) < 4.78 is 32.0. The zero-order valence-electron chi connectivity index (χ0n) is 22.4. The van der Waals surface area contributed by atoms with Crippen molar-refractivity contribution >= 4 is 27.5 Å². The minimum Gasteiger partial charge on any atom is -0.497 e. The van der Waals surface area contributed by atoms with Gasteiger partial charge in [-0.05, 0) is 68.5 Å². The molecular formula is C27H39N3O5S. The summed E-state index contributed by atoms with van der Waals surface area (Å²) in [4.78, 5) is 28.4. The fourth-order valence-electron chi connectivity index (χ4n) is 3.87. The van der Waals surface area contributed by atoms with Crippen molar-refractivity contribution in [3.8, 4) is 5.75 Å². The van der Waals surface area contributed by atoms with Crippen LogP contribution in [-0.2, 0) is 26.2 Å². The number of sulfonamides is 1. The summed E-state index contributed by atoms with van der Waals surface area (Å²) in [6.07, 6.45) is 2.22. The molecule has 0 heterocycles. The first-order chi connectivity index (χ1) is 16.9. The van der Waals surface area contributed by atoms with Crippen molar-refractivity contribution in [1.82, 2.24) is 10.2 Å². The average Bonchev–Trinajstić information content (AvgIpc) is 2.83. The van der Waals surface area contributed by atoms with Gasteiger partial charge in [0.25, 0.3) is 0 Å². The van der Waals surface area contributed by atoms with E-state index in [0.29, 0.717) is 17.9 Å². The van der Waals surface area contributed by atoms with Crippen molar-refractivity contribution in [2.45, 2.75) is 66.1 Å². The average molecular weight is 518 g/mol. The number of carbonyl (C=O) groups is 2. The van der Waals surface area contributed by atoms with Crippen LogP contribution in [0.5, 0.6) is 5.75 Å². The van der Waals surface area contributed by atoms with Crippen molar-refractivity contribution in [3.05, 3.63) is 59.2 Å². The van der Waals surface area contributed by atoms with Gasteiger partial charge in [0.15, 0.2) is 0 Å². The smallest absolute Gasteiger partial charge is 0.244 e. The van der Waals surface area contributed by atoms with Crippen molar-refractivity contribution in [1.29, 1.82) is 0 Å². The van der Waals surface area contributed by atoms with Crippen LogP contribution in [-0.4, -0.2) is 57.1 Å². The van der Waals surface area contributed by atoms with Crippen molar-refractivity contribution in [2.75, 3.05) is 24.2 Å². The summed E-state index contributed by atoms with van der Waals surface area (Å²) in [7, 11) is -2.20. The summed E-state index contributed by atoms with van der Waals surface area (Å²) in [6, 6.07) is 11.9. The zero-order chi connectivity index (χ0) is 27.0. The second kappa shape index (κ2) is 12.8. The lowest BCUT2D eigenvalue weighted by atomic mass is 10.1. The highest BCUT2D eigenvalue weighted by Gasteiger charge is 2.32. The standard InChI is InChI=1S/C27H39N3O5S/c1-8-21(5)28-27(32)24(9-2)29(17-22-12-14-23(35-6)15-13-22)26(31)18-30(36(7,33)34)25-16-19(3)10-11-20(25)4/h10-16,21,24H,8-9,17-18H2,1-7H3,(H,28,32)/t21-,24-/m0/s1. The Balaban J connectivity index is 2.48. The molecule has 2 aromatic carbocycles. The Morgan fingerprint density at radius 3 is 2.19 bits per heavy atom. The van der Waals surface area contributed by atoms with Gasteiger partial charge < -0.3 is 15.0 Å². The molecule has 2 rings (SSSR count). The molecule has 198 valence electrons. The van der Waals surface area contributed by atoms with Gasteiger partial charge in [-0.2, -0.15) is 0 Å². The highest BCUT2D eigenvalue weighted by molar-refractivity contribution is 7.92. The first-order valence-electron chi connectivity index (χ1n) is 12.2. The van der Waals surface area contributed by atoms with Gasteiger partial charge in [0.2, 0.25) is 21.8 Å². The van der Waals surface area contributed by atoms with Crippen molar-refractivity contribution < 1.29 is 22.7 Å². The van der Waals surface area contributed by atoms with E-state index in [2.05, 4.69) is 5.32 Å². The summed E-state index contributed by atoms with van der Waals surface area (Å²) in [5.74, 6) is -0.0361. The molecule has 8 nitrogen and oxygen atoms in total. The normalized spacial score (nSPS) is 13.0. The molecule has 0 spiro atoms. The summed E-state index contributed by atoms with van der Waals surface area (Å²) in [5, 5.41) is 2.97. The van der Waals surface area contributed by atoms with Gasteiger partial charge in [-0.1, -0.05) is 38.1 Å². The zero-order valence-corrected chi connectivity index (χ0v) is 23.2. The fraction of sp³-hybridized carbons (Fsp3) is 0.481. The second-order valence-corrected chi connectivity index (χ2v) is 11.1. The van der Waals surface area contributed by atoms with Crippen LogP contribution < -0.4 is 14.4 Å². The Morgan fingerprint density at radius 1 is 1.03 bits per heavy atom. The largest absolute Gasteiger partial charge is 0.497 e. The Bertz CT molecular complexity index is 1150. The Labute approximate surface area is 215 Å². The number of hydrogen-bond acceptors (Lipinski definition) is 5. The lowest BCUT2D eigenvalue weighted by Gasteiger charge is -2.33. The Kier molecular flexibility index (Phi) is 10.3. The van der Waals surface area contributed by atoms with Crippen LogP contribution >= 0.6 is 0 Å². The van der Waals surface area contributed by atoms with E-state index in [1.807, 2.05) is 52.0 Å². The molecule has 0 aliphatic carbocycles. The Morgan fingerprint density at radius 2 is 1.67 bits per heavy atom. The monoisotopic (exact) mass is 517 g/mol. The minimum atomic E-state index is -3.77. The number of hydrogen-bond donors (Lipinski definition) is 1. The Hall–Kier alpha value is -3.07. The number of aryl methyl sites for hydroxylation is 2. The predicted molar refractivity (Wildman–Crippen MR) is 144 cm³/mol. The van der Waals surface area contributed by atoms with Crippen LogP contribution in [0.3, 0.4) is 0 Å². The highest BCUT2D eigenvalue weighted by atomic mass is 32.2. The number of carbonyl (C=O) groups excluding carboxylic acids is 2. The molecular weight excluding hydrogens is 478 g/mol. The molecule has 0 aromatic heterocycles. The number of methoxy groups -OCH3 is 1. The maximum atomic E-state index is 13.8. The number of rotatable bonds is 12. The molecule has 0 fully saturated rings. The van der Waals surface area contributed by atoms with E-state index in [1.165, 1.54) is 4.90 Å². The fourth-order valence-corrected chi connectivity index (χ4v) is 4.77. The van der Waals surface area contributed by atoms with Crippen LogP contribution in [0.1, 0.15) is 50.3 Å². The molecule has 0 bridgehead atoms. The molecule has 9 heteroatoms. The third-order valence-electron chi connectivity index (χ3n) is 6.21. The van der Waals surface area contributed by atoms with Crippen LogP contribution in [0.2, 0.25) is 0 Å². The third kappa shape index (κ3) is 7.71. The van der Waals surface area contributed by atoms with Crippen molar-refractivity contribution in [2.24, 2.45) is 0 Å². The molecule has 0 saturated carbocycles. The molecule has 36 heavy (non-hydrogen) atoms. The maximum absolute atomic E-state index is 13.8. The molecule has 0 saturated heterocycles. The van der Waals surface area contributed by atoms with Gasteiger partial charge in [-0.25, -0.2) is 8.42 Å². The van der Waals surface area contributed by atoms with Crippen molar-refractivity contribution in [3.63, 3.8) is 0 Å². The molecule has 0 radical (unpaired) electrons. The number of ether oxygens (including phenoxy) is 1. The van der Waals surface area contributed by atoms with Crippen LogP contribution in [0, 0.1) is 13.8 Å². The highest BCUT2D eigenvalue weighted by Crippen LogP contribution is 2.25. The topological polar surface area (TPSA) is 96.0 Å². The summed E-state index contributed by atoms with van der Waals surface area (Å²) in [6.45, 7) is 9.14. The van der Waals surface area contributed by atoms with E-state index < -0.39 is 28.5 Å².